The van der Waals surface area contributed by atoms with Crippen LogP contribution in [0.1, 0.15) is 201 Å². The van der Waals surface area contributed by atoms with Crippen LogP contribution in [0.25, 0.3) is 21.8 Å². The molecule has 4 rings (SSSR count). The van der Waals surface area contributed by atoms with E-state index in [-0.39, 0.29) is 101 Å². The molecule has 0 saturated heterocycles. The highest BCUT2D eigenvalue weighted by atomic mass is 16.6. The predicted octanol–water partition coefficient (Wildman–Crippen LogP) is 8.55. The number of hydrogen-bond donors (Lipinski definition) is 11. The van der Waals surface area contributed by atoms with Crippen LogP contribution in [0.15, 0.2) is 60.9 Å². The molecule has 0 saturated carbocycles. The Hall–Kier alpha value is -9.28. The number of carbonyl (C=O) groups is 12. The van der Waals surface area contributed by atoms with E-state index in [2.05, 4.69) is 47.9 Å². The zero-order valence-electron chi connectivity index (χ0n) is 65.1. The Balaban J connectivity index is 1.80. The molecule has 0 fully saturated rings. The van der Waals surface area contributed by atoms with Crippen LogP contribution in [0.2, 0.25) is 0 Å². The first kappa shape index (κ1) is 88.1. The molecule has 2 aromatic heterocycles. The van der Waals surface area contributed by atoms with Crippen molar-refractivity contribution < 1.29 is 81.6 Å². The number of aliphatic carboxylic acids is 1. The summed E-state index contributed by atoms with van der Waals surface area (Å²) in [7, 11) is 0. The number of carbonyl (C=O) groups excluding carboxylic acids is 11. The Morgan fingerprint density at radius 1 is 0.390 bits per heavy atom. The number of benzene rings is 2. The molecule has 12 N–H and O–H groups in total. The van der Waals surface area contributed by atoms with Gasteiger partial charge < -0.3 is 77.6 Å². The van der Waals surface area contributed by atoms with E-state index < -0.39 is 142 Å². The number of alkyl carbamates (subject to hydrolysis) is 2. The lowest BCUT2D eigenvalue weighted by Gasteiger charge is -2.29. The van der Waals surface area contributed by atoms with Crippen molar-refractivity contribution in [1.82, 2.24) is 57.0 Å². The number of nitrogens with zero attached hydrogens (tertiary/aromatic N) is 2. The number of nitrogens with one attached hydrogen (secondary N) is 9. The van der Waals surface area contributed by atoms with Crippen molar-refractivity contribution in [3.63, 3.8) is 0 Å². The highest BCUT2D eigenvalue weighted by molar-refractivity contribution is 5.99. The minimum Gasteiger partial charge on any atom is -0.480 e. The van der Waals surface area contributed by atoms with E-state index in [0.717, 1.165) is 0 Å². The number of fused-ring (bicyclic) bond motifs is 2. The van der Waals surface area contributed by atoms with Crippen LogP contribution >= 0.6 is 0 Å². The summed E-state index contributed by atoms with van der Waals surface area (Å²) in [6.07, 6.45) is -0.162. The van der Waals surface area contributed by atoms with Crippen LogP contribution in [0.3, 0.4) is 0 Å². The Kier molecular flexibility index (Phi) is 32.9. The first-order valence-corrected chi connectivity index (χ1v) is 36.3. The summed E-state index contributed by atoms with van der Waals surface area (Å²) in [5, 5.41) is 36.0. The Morgan fingerprint density at radius 3 is 1.02 bits per heavy atom. The van der Waals surface area contributed by atoms with Crippen LogP contribution in [-0.2, 0) is 70.1 Å². The zero-order chi connectivity index (χ0) is 79.2. The van der Waals surface area contributed by atoms with E-state index in [4.69, 9.17) is 24.7 Å². The smallest absolute Gasteiger partial charge is 0.419 e. The second-order valence-electron chi connectivity index (χ2n) is 32.5. The second kappa shape index (κ2) is 39.2. The number of rotatable bonds is 35. The number of carboxylic acids is 1. The summed E-state index contributed by atoms with van der Waals surface area (Å²) in [6.45, 7) is 34.9. The third kappa shape index (κ3) is 30.8. The molecule has 0 aliphatic carbocycles. The largest absolute Gasteiger partial charge is 0.480 e. The monoisotopic (exact) mass is 1470 g/mol. The van der Waals surface area contributed by atoms with Gasteiger partial charge in [0.25, 0.3) is 0 Å². The maximum absolute atomic E-state index is 15.3. The Morgan fingerprint density at radius 2 is 0.676 bits per heavy atom. The van der Waals surface area contributed by atoms with E-state index in [0.29, 0.717) is 32.9 Å². The molecule has 0 spiro atoms. The highest BCUT2D eigenvalue weighted by Crippen LogP contribution is 2.27. The standard InChI is InChI=1S/C76H118N12O17/c1-43(2)35-53(81-61(89)51(77)29-25-33-78-69(98)102-73(9,10)11)64(92)84-56(39-47-41-87(71(100)104-75(15,16)17)59-31-23-21-27-49(47)59)66(94)83-54(36-44(3)4)63(91)80-52(30-26-34-79-70(99)103-74(12,13)14)62(90)82-55(37-45(5)6)65(93)85-57(67(95)86-58(68(96)97)38-46(7)8)40-48-42-88(72(101)105-76(18,19)20)60-32-24-22-28-50(48)60/h21-24,27-28,31-32,41-46,51-58H,25-26,29-30,33-40,77H2,1-20H3,(H,78,98)(H,79,99)(H,80,91)(H,81,89)(H,82,90)(H,83,94)(H,84,92)(H,85,93)(H,86,95)(H,96,97)/t51-,52-,53+,54+,55+,56-,57-,58+/m0/s1. The second-order valence-corrected chi connectivity index (χ2v) is 32.5. The van der Waals surface area contributed by atoms with Gasteiger partial charge in [-0.05, 0) is 181 Å². The molecule has 2 heterocycles. The molecule has 0 unspecified atom stereocenters. The van der Waals surface area contributed by atoms with Gasteiger partial charge in [0.2, 0.25) is 41.4 Å². The molecule has 8 atom stereocenters. The van der Waals surface area contributed by atoms with Gasteiger partial charge >= 0.3 is 30.3 Å². The number of hydrogen-bond acceptors (Lipinski definition) is 17. The van der Waals surface area contributed by atoms with Gasteiger partial charge in [-0.2, -0.15) is 0 Å². The van der Waals surface area contributed by atoms with Crippen molar-refractivity contribution in [1.29, 1.82) is 0 Å². The van der Waals surface area contributed by atoms with Crippen LogP contribution in [-0.4, -0.2) is 170 Å². The minimum absolute atomic E-state index is 0.0327. The fraction of sp³-hybridized carbons (Fsp3) is 0.632. The van der Waals surface area contributed by atoms with E-state index >= 15 is 19.2 Å². The SMILES string of the molecule is CC(C)C[C@@H](NC(=O)[C@H](Cc1cn(C(=O)OC(C)(C)C)c2ccccc12)NC(=O)[C@@H](CC(C)C)NC(=O)[C@H](CCCNC(=O)OC(C)(C)C)NC(=O)[C@@H](CC(C)C)NC(=O)[C@H](Cc1cn(C(=O)OC(C)(C)C)c2ccccc12)NC(=O)[C@@H](CC(C)C)NC(=O)[C@@H](N)CCCNC(=O)OC(C)(C)C)C(=O)O. The summed E-state index contributed by atoms with van der Waals surface area (Å²) in [5.41, 5.74) is 4.61. The molecule has 29 heteroatoms. The molecule has 9 amide bonds. The maximum Gasteiger partial charge on any atom is 0.419 e. The Bertz CT molecular complexity index is 3660. The van der Waals surface area contributed by atoms with Gasteiger partial charge in [0.15, 0.2) is 0 Å². The summed E-state index contributed by atoms with van der Waals surface area (Å²) >= 11 is 0. The molecule has 0 radical (unpaired) electrons. The topological polar surface area (TPSA) is 406 Å². The molecule has 0 aliphatic heterocycles. The number of para-hydroxylation sites is 2. The predicted molar refractivity (Wildman–Crippen MR) is 398 cm³/mol. The maximum atomic E-state index is 15.3. The van der Waals surface area contributed by atoms with E-state index in [1.54, 1.807) is 173 Å². The fourth-order valence-electron chi connectivity index (χ4n) is 11.4. The van der Waals surface area contributed by atoms with Crippen LogP contribution < -0.4 is 53.6 Å². The average molecular weight is 1470 g/mol. The lowest BCUT2D eigenvalue weighted by molar-refractivity contribution is -0.142. The minimum atomic E-state index is -1.54. The number of amides is 9. The molecule has 0 aliphatic rings. The van der Waals surface area contributed by atoms with Gasteiger partial charge in [-0.25, -0.2) is 24.0 Å². The summed E-state index contributed by atoms with van der Waals surface area (Å²) in [4.78, 5) is 169. The fourth-order valence-corrected chi connectivity index (χ4v) is 11.4. The van der Waals surface area contributed by atoms with Crippen LogP contribution in [0.5, 0.6) is 0 Å². The molecular weight excluding hydrogens is 1350 g/mol. The van der Waals surface area contributed by atoms with Crippen molar-refractivity contribution in [2.24, 2.45) is 29.4 Å². The number of carboxylic acid groups (broad SMARTS) is 1. The van der Waals surface area contributed by atoms with Gasteiger partial charge in [-0.15, -0.1) is 0 Å². The normalized spacial score (nSPS) is 14.4. The van der Waals surface area contributed by atoms with Gasteiger partial charge in [-0.1, -0.05) is 91.8 Å². The summed E-state index contributed by atoms with van der Waals surface area (Å²) in [6, 6.07) is 2.50. The summed E-state index contributed by atoms with van der Waals surface area (Å²) < 4.78 is 24.8. The van der Waals surface area contributed by atoms with Gasteiger partial charge in [0.1, 0.15) is 64.7 Å². The van der Waals surface area contributed by atoms with Crippen LogP contribution in [0.4, 0.5) is 19.2 Å². The van der Waals surface area contributed by atoms with Crippen molar-refractivity contribution in [2.75, 3.05) is 13.1 Å². The van der Waals surface area contributed by atoms with Crippen LogP contribution in [0, 0.1) is 23.7 Å². The quantitative estimate of drug-likeness (QED) is 0.0152. The van der Waals surface area contributed by atoms with E-state index in [1.807, 2.05) is 13.8 Å². The molecule has 105 heavy (non-hydrogen) atoms. The average Bonchev–Trinajstić information content (AvgIpc) is 1.65. The lowest BCUT2D eigenvalue weighted by atomic mass is 9.98. The number of ether oxygens (including phenoxy) is 4. The van der Waals surface area contributed by atoms with Crippen molar-refractivity contribution in [2.45, 2.75) is 273 Å². The first-order valence-electron chi connectivity index (χ1n) is 36.3. The number of nitrogens with two attached hydrogens (primary N) is 1. The molecule has 584 valence electrons. The zero-order valence-corrected chi connectivity index (χ0v) is 65.1. The lowest BCUT2D eigenvalue weighted by Crippen LogP contribution is -2.60. The third-order valence-corrected chi connectivity index (χ3v) is 15.9. The van der Waals surface area contributed by atoms with Gasteiger partial charge in [0, 0.05) is 49.1 Å². The molecule has 0 bridgehead atoms. The third-order valence-electron chi connectivity index (χ3n) is 15.9. The van der Waals surface area contributed by atoms with Gasteiger partial charge in [0.05, 0.1) is 17.1 Å². The Labute approximate surface area is 617 Å². The summed E-state index contributed by atoms with van der Waals surface area (Å²) in [5.74, 6) is -8.17. The van der Waals surface area contributed by atoms with Crippen molar-refractivity contribution in [3.8, 4) is 0 Å². The number of aromatic nitrogens is 2. The molecular formula is C76H118N12O17. The van der Waals surface area contributed by atoms with E-state index in [1.165, 1.54) is 21.5 Å². The van der Waals surface area contributed by atoms with Crippen molar-refractivity contribution in [3.05, 3.63) is 72.1 Å². The molecule has 29 nitrogen and oxygen atoms in total. The van der Waals surface area contributed by atoms with E-state index in [9.17, 15) is 43.5 Å². The molecule has 2 aromatic carbocycles. The first-order chi connectivity index (χ1) is 48.6. The van der Waals surface area contributed by atoms with Gasteiger partial charge in [-0.3, -0.25) is 42.7 Å². The molecule has 4 aromatic rings. The van der Waals surface area contributed by atoms with Crippen molar-refractivity contribution >= 4 is 93.5 Å². The highest BCUT2D eigenvalue weighted by Gasteiger charge is 2.37.